The quantitative estimate of drug-likeness (QED) is 0.815. The molecule has 0 spiro atoms. The lowest BCUT2D eigenvalue weighted by molar-refractivity contribution is 0.378. The molecule has 1 saturated carbocycles. The van der Waals surface area contributed by atoms with Crippen LogP contribution in [0.1, 0.15) is 32.3 Å². The number of rotatable bonds is 6. The maximum absolute atomic E-state index is 5.40. The summed E-state index contributed by atoms with van der Waals surface area (Å²) in [6.07, 6.45) is 3.78. The van der Waals surface area contributed by atoms with Crippen molar-refractivity contribution in [1.82, 2.24) is 5.32 Å². The summed E-state index contributed by atoms with van der Waals surface area (Å²) in [6, 6.07) is 9.68. The van der Waals surface area contributed by atoms with Crippen LogP contribution in [-0.4, -0.2) is 19.2 Å². The number of hydrogen-bond donors (Lipinski definition) is 1. The van der Waals surface area contributed by atoms with Gasteiger partial charge in [0.1, 0.15) is 5.75 Å². The number of hydrogen-bond acceptors (Lipinski definition) is 2. The fraction of sp³-hybridized carbons (Fsp3) is 0.600. The lowest BCUT2D eigenvalue weighted by atomic mass is 9.94. The van der Waals surface area contributed by atoms with Crippen molar-refractivity contribution in [2.75, 3.05) is 7.11 Å². The van der Waals surface area contributed by atoms with Crippen LogP contribution < -0.4 is 10.1 Å². The van der Waals surface area contributed by atoms with E-state index in [-0.39, 0.29) is 0 Å². The van der Waals surface area contributed by atoms with Gasteiger partial charge < -0.3 is 10.1 Å². The van der Waals surface area contributed by atoms with E-state index in [4.69, 9.17) is 4.74 Å². The van der Waals surface area contributed by atoms with E-state index >= 15 is 0 Å². The molecule has 0 aromatic heterocycles. The highest BCUT2D eigenvalue weighted by molar-refractivity contribution is 5.33. The summed E-state index contributed by atoms with van der Waals surface area (Å²) in [5.41, 5.74) is 1.31. The zero-order chi connectivity index (χ0) is 12.3. The summed E-state index contributed by atoms with van der Waals surface area (Å²) in [7, 11) is 1.75. The molecule has 1 aromatic rings. The van der Waals surface area contributed by atoms with E-state index in [2.05, 4.69) is 31.3 Å². The standard InChI is InChI=1S/C15H23NO/c1-11(12(2)16-14-8-9-14)10-13-6-4-5-7-15(13)17-3/h4-7,11-12,14,16H,8-10H2,1-3H3. The van der Waals surface area contributed by atoms with Crippen molar-refractivity contribution in [2.45, 2.75) is 45.2 Å². The van der Waals surface area contributed by atoms with Gasteiger partial charge >= 0.3 is 0 Å². The lowest BCUT2D eigenvalue weighted by Crippen LogP contribution is -2.34. The smallest absolute Gasteiger partial charge is 0.122 e. The monoisotopic (exact) mass is 233 g/mol. The molecule has 94 valence electrons. The van der Waals surface area contributed by atoms with Crippen molar-refractivity contribution in [2.24, 2.45) is 5.92 Å². The summed E-state index contributed by atoms with van der Waals surface area (Å²) < 4.78 is 5.40. The van der Waals surface area contributed by atoms with Gasteiger partial charge in [0.25, 0.3) is 0 Å². The van der Waals surface area contributed by atoms with Crippen LogP contribution in [0, 0.1) is 5.92 Å². The van der Waals surface area contributed by atoms with Crippen molar-refractivity contribution >= 4 is 0 Å². The Morgan fingerprint density at radius 1 is 1.29 bits per heavy atom. The predicted molar refractivity (Wildman–Crippen MR) is 71.5 cm³/mol. The highest BCUT2D eigenvalue weighted by Crippen LogP contribution is 2.24. The van der Waals surface area contributed by atoms with Crippen LogP contribution in [0.5, 0.6) is 5.75 Å². The Bertz CT molecular complexity index is 360. The van der Waals surface area contributed by atoms with Gasteiger partial charge in [-0.2, -0.15) is 0 Å². The summed E-state index contributed by atoms with van der Waals surface area (Å²) in [5, 5.41) is 3.67. The minimum atomic E-state index is 0.576. The number of ether oxygens (including phenoxy) is 1. The Morgan fingerprint density at radius 3 is 2.65 bits per heavy atom. The minimum absolute atomic E-state index is 0.576. The molecule has 2 heteroatoms. The highest BCUT2D eigenvalue weighted by atomic mass is 16.5. The van der Waals surface area contributed by atoms with E-state index in [1.165, 1.54) is 18.4 Å². The molecule has 0 radical (unpaired) electrons. The Morgan fingerprint density at radius 2 is 2.00 bits per heavy atom. The lowest BCUT2D eigenvalue weighted by Gasteiger charge is -2.22. The SMILES string of the molecule is COc1ccccc1CC(C)C(C)NC1CC1. The first kappa shape index (κ1) is 12.4. The van der Waals surface area contributed by atoms with E-state index in [1.54, 1.807) is 7.11 Å². The Labute approximate surface area is 104 Å². The number of nitrogens with one attached hydrogen (secondary N) is 1. The van der Waals surface area contributed by atoms with Crippen molar-refractivity contribution in [3.8, 4) is 5.75 Å². The van der Waals surface area contributed by atoms with E-state index in [0.29, 0.717) is 12.0 Å². The molecule has 2 unspecified atom stereocenters. The van der Waals surface area contributed by atoms with E-state index in [0.717, 1.165) is 18.2 Å². The Kier molecular flexibility index (Phi) is 4.06. The van der Waals surface area contributed by atoms with Gasteiger partial charge in [0, 0.05) is 12.1 Å². The second kappa shape index (κ2) is 5.54. The molecule has 1 fully saturated rings. The van der Waals surface area contributed by atoms with Crippen LogP contribution in [0.3, 0.4) is 0 Å². The van der Waals surface area contributed by atoms with Crippen molar-refractivity contribution in [1.29, 1.82) is 0 Å². The van der Waals surface area contributed by atoms with Gasteiger partial charge in [-0.05, 0) is 43.7 Å². The van der Waals surface area contributed by atoms with Gasteiger partial charge in [0.05, 0.1) is 7.11 Å². The first-order valence-electron chi connectivity index (χ1n) is 6.58. The molecule has 0 heterocycles. The topological polar surface area (TPSA) is 21.3 Å². The molecule has 0 amide bonds. The third-order valence-electron chi connectivity index (χ3n) is 3.66. The average Bonchev–Trinajstić information content (AvgIpc) is 3.13. The molecule has 17 heavy (non-hydrogen) atoms. The van der Waals surface area contributed by atoms with Gasteiger partial charge in [-0.25, -0.2) is 0 Å². The molecule has 1 aliphatic carbocycles. The zero-order valence-corrected chi connectivity index (χ0v) is 11.1. The number of methoxy groups -OCH3 is 1. The first-order valence-corrected chi connectivity index (χ1v) is 6.58. The molecular weight excluding hydrogens is 210 g/mol. The first-order chi connectivity index (χ1) is 8.20. The van der Waals surface area contributed by atoms with Crippen molar-refractivity contribution in [3.05, 3.63) is 29.8 Å². The summed E-state index contributed by atoms with van der Waals surface area (Å²) in [6.45, 7) is 4.60. The van der Waals surface area contributed by atoms with Crippen LogP contribution >= 0.6 is 0 Å². The molecule has 1 N–H and O–H groups in total. The van der Waals surface area contributed by atoms with E-state index < -0.39 is 0 Å². The second-order valence-corrected chi connectivity index (χ2v) is 5.22. The molecule has 0 aliphatic heterocycles. The molecular formula is C15H23NO. The number of para-hydroxylation sites is 1. The fourth-order valence-corrected chi connectivity index (χ4v) is 2.18. The van der Waals surface area contributed by atoms with E-state index in [1.807, 2.05) is 12.1 Å². The van der Waals surface area contributed by atoms with Gasteiger partial charge in [-0.15, -0.1) is 0 Å². The van der Waals surface area contributed by atoms with Gasteiger partial charge in [-0.3, -0.25) is 0 Å². The van der Waals surface area contributed by atoms with Gasteiger partial charge in [0.15, 0.2) is 0 Å². The van der Waals surface area contributed by atoms with Crippen LogP contribution in [-0.2, 0) is 6.42 Å². The third-order valence-corrected chi connectivity index (χ3v) is 3.66. The third kappa shape index (κ3) is 3.47. The molecule has 0 bridgehead atoms. The van der Waals surface area contributed by atoms with Gasteiger partial charge in [-0.1, -0.05) is 25.1 Å². The van der Waals surface area contributed by atoms with Crippen molar-refractivity contribution < 1.29 is 4.74 Å². The Hall–Kier alpha value is -1.02. The van der Waals surface area contributed by atoms with Crippen molar-refractivity contribution in [3.63, 3.8) is 0 Å². The molecule has 2 nitrogen and oxygen atoms in total. The Balaban J connectivity index is 1.93. The largest absolute Gasteiger partial charge is 0.496 e. The zero-order valence-electron chi connectivity index (χ0n) is 11.1. The normalized spacial score (nSPS) is 18.8. The molecule has 2 atom stereocenters. The predicted octanol–water partition coefficient (Wildman–Crippen LogP) is 3.01. The molecule has 2 rings (SSSR count). The average molecular weight is 233 g/mol. The second-order valence-electron chi connectivity index (χ2n) is 5.22. The van der Waals surface area contributed by atoms with Gasteiger partial charge in [0.2, 0.25) is 0 Å². The molecule has 0 saturated heterocycles. The number of benzene rings is 1. The maximum Gasteiger partial charge on any atom is 0.122 e. The van der Waals surface area contributed by atoms with Crippen LogP contribution in [0.25, 0.3) is 0 Å². The summed E-state index contributed by atoms with van der Waals surface area (Å²) in [5.74, 6) is 1.64. The summed E-state index contributed by atoms with van der Waals surface area (Å²) in [4.78, 5) is 0. The van der Waals surface area contributed by atoms with Crippen LogP contribution in [0.4, 0.5) is 0 Å². The summed E-state index contributed by atoms with van der Waals surface area (Å²) >= 11 is 0. The minimum Gasteiger partial charge on any atom is -0.496 e. The maximum atomic E-state index is 5.40. The van der Waals surface area contributed by atoms with Crippen LogP contribution in [0.2, 0.25) is 0 Å². The highest BCUT2D eigenvalue weighted by Gasteiger charge is 2.25. The molecule has 1 aliphatic rings. The van der Waals surface area contributed by atoms with Crippen LogP contribution in [0.15, 0.2) is 24.3 Å². The van der Waals surface area contributed by atoms with E-state index in [9.17, 15) is 0 Å². The molecule has 1 aromatic carbocycles. The fourth-order valence-electron chi connectivity index (χ4n) is 2.18.